The number of aromatic nitrogens is 2. The summed E-state index contributed by atoms with van der Waals surface area (Å²) in [6.45, 7) is 4.03. The molecule has 1 N–H and O–H groups in total. The van der Waals surface area contributed by atoms with Crippen LogP contribution < -0.4 is 10.1 Å². The van der Waals surface area contributed by atoms with Gasteiger partial charge in [-0.3, -0.25) is 9.97 Å². The largest absolute Gasteiger partial charge is 0.489 e. The number of hydrogen-bond donors (Lipinski definition) is 1. The van der Waals surface area contributed by atoms with Gasteiger partial charge in [0, 0.05) is 24.1 Å². The zero-order chi connectivity index (χ0) is 15.1. The normalized spacial score (nSPS) is 12.4. The average Bonchev–Trinajstić information content (AvgIpc) is 2.49. The van der Waals surface area contributed by atoms with E-state index in [1.165, 1.54) is 0 Å². The molecule has 0 fully saturated rings. The van der Waals surface area contributed by atoms with Gasteiger partial charge in [0.25, 0.3) is 0 Å². The lowest BCUT2D eigenvalue weighted by molar-refractivity contribution is 0.241. The molecule has 4 heteroatoms. The maximum absolute atomic E-state index is 5.71. The number of ether oxygens (including phenoxy) is 1. The molecule has 0 aliphatic rings. The minimum atomic E-state index is 0.156. The Morgan fingerprint density at radius 1 is 1.24 bits per heavy atom. The van der Waals surface area contributed by atoms with Crippen LogP contribution in [0.5, 0.6) is 5.75 Å². The van der Waals surface area contributed by atoms with Crippen LogP contribution in [-0.4, -0.2) is 23.1 Å². The fraction of sp³-hybridized carbons (Fsp3) is 0.412. The number of rotatable bonds is 7. The summed E-state index contributed by atoms with van der Waals surface area (Å²) in [6, 6.07) is 8.33. The van der Waals surface area contributed by atoms with Crippen LogP contribution in [0.15, 0.2) is 42.9 Å². The highest BCUT2D eigenvalue weighted by molar-refractivity contribution is 5.26. The van der Waals surface area contributed by atoms with Gasteiger partial charge in [-0.15, -0.1) is 0 Å². The lowest BCUT2D eigenvalue weighted by Gasteiger charge is -2.17. The molecular formula is C17H23N3O. The summed E-state index contributed by atoms with van der Waals surface area (Å²) in [7, 11) is 1.97. The first-order valence-electron chi connectivity index (χ1n) is 7.38. The third-order valence-corrected chi connectivity index (χ3v) is 3.27. The molecule has 0 aliphatic heterocycles. The second kappa shape index (κ2) is 7.74. The van der Waals surface area contributed by atoms with Crippen molar-refractivity contribution in [1.29, 1.82) is 0 Å². The molecule has 0 saturated heterocycles. The summed E-state index contributed by atoms with van der Waals surface area (Å²) in [4.78, 5) is 8.65. The van der Waals surface area contributed by atoms with Gasteiger partial charge in [0.05, 0.1) is 12.3 Å². The molecule has 2 heterocycles. The first kappa shape index (κ1) is 15.4. The van der Waals surface area contributed by atoms with Crippen molar-refractivity contribution in [2.24, 2.45) is 0 Å². The number of pyridine rings is 2. The zero-order valence-corrected chi connectivity index (χ0v) is 12.9. The van der Waals surface area contributed by atoms with E-state index in [1.54, 1.807) is 6.20 Å². The van der Waals surface area contributed by atoms with Crippen LogP contribution in [-0.2, 0) is 6.42 Å². The highest BCUT2D eigenvalue weighted by Gasteiger charge is 2.11. The predicted octanol–water partition coefficient (Wildman–Crippen LogP) is 3.16. The Morgan fingerprint density at radius 3 is 2.76 bits per heavy atom. The molecule has 0 saturated carbocycles. The highest BCUT2D eigenvalue weighted by Crippen LogP contribution is 2.22. The average molecular weight is 285 g/mol. The molecular weight excluding hydrogens is 262 g/mol. The maximum atomic E-state index is 5.71. The van der Waals surface area contributed by atoms with E-state index >= 15 is 0 Å². The molecule has 2 aromatic rings. The van der Waals surface area contributed by atoms with E-state index < -0.39 is 0 Å². The Bertz CT molecular complexity index is 543. The number of nitrogens with one attached hydrogen (secondary N) is 1. The van der Waals surface area contributed by atoms with Crippen molar-refractivity contribution in [2.75, 3.05) is 7.05 Å². The van der Waals surface area contributed by atoms with Crippen LogP contribution in [0.2, 0.25) is 0 Å². The predicted molar refractivity (Wildman–Crippen MR) is 84.4 cm³/mol. The van der Waals surface area contributed by atoms with E-state index in [-0.39, 0.29) is 12.1 Å². The van der Waals surface area contributed by atoms with Gasteiger partial charge >= 0.3 is 0 Å². The molecule has 4 nitrogen and oxygen atoms in total. The lowest BCUT2D eigenvalue weighted by Crippen LogP contribution is -2.18. The van der Waals surface area contributed by atoms with Gasteiger partial charge in [-0.1, -0.05) is 6.07 Å². The van der Waals surface area contributed by atoms with E-state index in [0.717, 1.165) is 29.8 Å². The quantitative estimate of drug-likeness (QED) is 0.849. The molecule has 0 amide bonds. The highest BCUT2D eigenvalue weighted by atomic mass is 16.5. The van der Waals surface area contributed by atoms with Crippen LogP contribution in [0.25, 0.3) is 0 Å². The maximum Gasteiger partial charge on any atom is 0.138 e. The fourth-order valence-electron chi connectivity index (χ4n) is 2.28. The first-order valence-corrected chi connectivity index (χ1v) is 7.38. The van der Waals surface area contributed by atoms with E-state index in [1.807, 2.05) is 45.4 Å². The van der Waals surface area contributed by atoms with E-state index in [0.29, 0.717) is 0 Å². The molecule has 0 aliphatic carbocycles. The molecule has 0 bridgehead atoms. The first-order chi connectivity index (χ1) is 10.2. The smallest absolute Gasteiger partial charge is 0.138 e. The van der Waals surface area contributed by atoms with E-state index in [4.69, 9.17) is 4.74 Å². The van der Waals surface area contributed by atoms with Crippen LogP contribution in [0.1, 0.15) is 37.6 Å². The Kier molecular flexibility index (Phi) is 5.69. The molecule has 2 rings (SSSR count). The van der Waals surface area contributed by atoms with Gasteiger partial charge in [0.1, 0.15) is 5.75 Å². The molecule has 112 valence electrons. The van der Waals surface area contributed by atoms with Crippen molar-refractivity contribution >= 4 is 0 Å². The summed E-state index contributed by atoms with van der Waals surface area (Å²) >= 11 is 0. The molecule has 21 heavy (non-hydrogen) atoms. The Labute approximate surface area is 126 Å². The number of aryl methyl sites for hydroxylation is 1. The van der Waals surface area contributed by atoms with Crippen molar-refractivity contribution in [2.45, 2.75) is 38.8 Å². The summed E-state index contributed by atoms with van der Waals surface area (Å²) in [5.41, 5.74) is 2.26. The van der Waals surface area contributed by atoms with Gasteiger partial charge in [0.2, 0.25) is 0 Å². The zero-order valence-electron chi connectivity index (χ0n) is 12.9. The Hall–Kier alpha value is -1.94. The third-order valence-electron chi connectivity index (χ3n) is 3.27. The third kappa shape index (κ3) is 4.83. The van der Waals surface area contributed by atoms with Crippen molar-refractivity contribution in [3.63, 3.8) is 0 Å². The van der Waals surface area contributed by atoms with Gasteiger partial charge in [-0.2, -0.15) is 0 Å². The van der Waals surface area contributed by atoms with E-state index in [2.05, 4.69) is 27.4 Å². The monoisotopic (exact) mass is 285 g/mol. The number of nitrogens with zero attached hydrogens (tertiary/aromatic N) is 2. The second-order valence-corrected chi connectivity index (χ2v) is 5.32. The molecule has 0 aromatic carbocycles. The van der Waals surface area contributed by atoms with Crippen LogP contribution in [0.3, 0.4) is 0 Å². The molecule has 0 radical (unpaired) electrons. The van der Waals surface area contributed by atoms with Crippen molar-refractivity contribution in [1.82, 2.24) is 15.3 Å². The topological polar surface area (TPSA) is 47.0 Å². The summed E-state index contributed by atoms with van der Waals surface area (Å²) in [5.74, 6) is 0.820. The summed E-state index contributed by atoms with van der Waals surface area (Å²) in [6.07, 6.45) is 7.55. The summed E-state index contributed by atoms with van der Waals surface area (Å²) < 4.78 is 5.71. The van der Waals surface area contributed by atoms with Gasteiger partial charge in [-0.05, 0) is 57.5 Å². The number of hydrogen-bond acceptors (Lipinski definition) is 4. The van der Waals surface area contributed by atoms with Gasteiger partial charge in [-0.25, -0.2) is 0 Å². The fourth-order valence-corrected chi connectivity index (χ4v) is 2.28. The minimum absolute atomic E-state index is 0.156. The Morgan fingerprint density at radius 2 is 2.10 bits per heavy atom. The van der Waals surface area contributed by atoms with Gasteiger partial charge < -0.3 is 10.1 Å². The van der Waals surface area contributed by atoms with E-state index in [9.17, 15) is 0 Å². The second-order valence-electron chi connectivity index (χ2n) is 5.32. The van der Waals surface area contributed by atoms with Crippen LogP contribution >= 0.6 is 0 Å². The lowest BCUT2D eigenvalue weighted by atomic mass is 10.0. The van der Waals surface area contributed by atoms with Crippen molar-refractivity contribution < 1.29 is 4.74 Å². The van der Waals surface area contributed by atoms with Crippen LogP contribution in [0, 0.1) is 0 Å². The van der Waals surface area contributed by atoms with Crippen LogP contribution in [0.4, 0.5) is 0 Å². The van der Waals surface area contributed by atoms with Gasteiger partial charge in [0.15, 0.2) is 0 Å². The molecule has 2 aromatic heterocycles. The summed E-state index contributed by atoms with van der Waals surface area (Å²) in [5, 5.41) is 3.35. The van der Waals surface area contributed by atoms with Crippen molar-refractivity contribution in [3.05, 3.63) is 54.1 Å². The Balaban J connectivity index is 2.03. The molecule has 1 unspecified atom stereocenters. The molecule has 1 atom stereocenters. The van der Waals surface area contributed by atoms with Crippen molar-refractivity contribution in [3.8, 4) is 5.75 Å². The minimum Gasteiger partial charge on any atom is -0.489 e. The standard InChI is InChI=1S/C17H23N3O/c1-13(2)21-16-10-14(11-19-12-16)17(18-3)8-7-15-6-4-5-9-20-15/h4-6,9-13,17-18H,7-8H2,1-3H3. The SMILES string of the molecule is CNC(CCc1ccccn1)c1cncc(OC(C)C)c1. The molecule has 0 spiro atoms.